The van der Waals surface area contributed by atoms with Gasteiger partial charge in [0.15, 0.2) is 0 Å². The number of phenols is 1. The number of unbranched alkanes of at least 4 members (excludes halogenated alkanes) is 1. The number of methoxy groups -OCH3 is 1. The Hall–Kier alpha value is -4.38. The molecule has 0 heterocycles. The summed E-state index contributed by atoms with van der Waals surface area (Å²) in [6.45, 7) is 16.6. The number of phenolic OH excluding ortho intramolecular Hbond substituents is 1. The molecular formula is C40H59N3O8. The van der Waals surface area contributed by atoms with E-state index in [1.54, 1.807) is 77.9 Å². The number of hydrogen-bond donors (Lipinski definition) is 3. The lowest BCUT2D eigenvalue weighted by Gasteiger charge is -2.33. The third kappa shape index (κ3) is 16.5. The van der Waals surface area contributed by atoms with Gasteiger partial charge in [0.05, 0.1) is 31.3 Å². The number of alkyl carbamates (subject to hydrolysis) is 1. The summed E-state index contributed by atoms with van der Waals surface area (Å²) in [5.74, 6) is -0.602. The van der Waals surface area contributed by atoms with E-state index in [0.717, 1.165) is 28.9 Å². The largest absolute Gasteiger partial charge is 0.508 e. The molecule has 2 rings (SSSR count). The second kappa shape index (κ2) is 19.9. The number of carbonyl (C=O) groups is 4. The molecule has 0 unspecified atom stereocenters. The van der Waals surface area contributed by atoms with E-state index in [2.05, 4.69) is 24.5 Å². The molecule has 11 heteroatoms. The number of ether oxygens (including phenoxy) is 3. The first-order chi connectivity index (χ1) is 23.8. The molecule has 2 aromatic rings. The van der Waals surface area contributed by atoms with Crippen molar-refractivity contribution in [3.8, 4) is 5.75 Å². The molecule has 11 nitrogen and oxygen atoms in total. The molecule has 282 valence electrons. The molecule has 0 aromatic heterocycles. The molecule has 0 aliphatic carbocycles. The van der Waals surface area contributed by atoms with Gasteiger partial charge in [0.1, 0.15) is 17.0 Å². The van der Waals surface area contributed by atoms with Gasteiger partial charge in [0, 0.05) is 6.04 Å². The first kappa shape index (κ1) is 42.8. The van der Waals surface area contributed by atoms with Crippen LogP contribution in [0.2, 0.25) is 0 Å². The van der Waals surface area contributed by atoms with E-state index < -0.39 is 47.3 Å². The number of imide groups is 1. The van der Waals surface area contributed by atoms with Crippen LogP contribution in [0.3, 0.4) is 0 Å². The van der Waals surface area contributed by atoms with Crippen molar-refractivity contribution < 1.29 is 38.5 Å². The van der Waals surface area contributed by atoms with Crippen molar-refractivity contribution in [2.75, 3.05) is 13.7 Å². The molecule has 0 bridgehead atoms. The Morgan fingerprint density at radius 3 is 2.04 bits per heavy atom. The molecule has 2 aromatic carbocycles. The van der Waals surface area contributed by atoms with Gasteiger partial charge in [-0.3, -0.25) is 10.1 Å². The Kier molecular flexibility index (Phi) is 16.7. The van der Waals surface area contributed by atoms with E-state index in [-0.39, 0.29) is 30.7 Å². The minimum atomic E-state index is -0.898. The van der Waals surface area contributed by atoms with E-state index >= 15 is 0 Å². The minimum Gasteiger partial charge on any atom is -0.508 e. The Balaban J connectivity index is 2.55. The van der Waals surface area contributed by atoms with E-state index in [4.69, 9.17) is 14.2 Å². The number of nitrogens with one attached hydrogen (secondary N) is 2. The van der Waals surface area contributed by atoms with Crippen LogP contribution in [0.15, 0.2) is 54.6 Å². The van der Waals surface area contributed by atoms with Gasteiger partial charge >= 0.3 is 18.2 Å². The highest BCUT2D eigenvalue weighted by Gasteiger charge is 2.35. The molecule has 0 radical (unpaired) electrons. The quantitative estimate of drug-likeness (QED) is 0.118. The van der Waals surface area contributed by atoms with Gasteiger partial charge in [-0.2, -0.15) is 0 Å². The van der Waals surface area contributed by atoms with Crippen LogP contribution in [0.25, 0.3) is 6.08 Å². The summed E-state index contributed by atoms with van der Waals surface area (Å²) in [4.78, 5) is 54.4. The molecule has 3 atom stereocenters. The van der Waals surface area contributed by atoms with Crippen LogP contribution >= 0.6 is 0 Å². The Bertz CT molecular complexity index is 1440. The van der Waals surface area contributed by atoms with Crippen LogP contribution in [0.1, 0.15) is 109 Å². The predicted octanol–water partition coefficient (Wildman–Crippen LogP) is 7.65. The average Bonchev–Trinajstić information content (AvgIpc) is 3.03. The van der Waals surface area contributed by atoms with Crippen molar-refractivity contribution in [3.63, 3.8) is 0 Å². The molecule has 0 fully saturated rings. The number of rotatable bonds is 16. The van der Waals surface area contributed by atoms with E-state index in [1.807, 2.05) is 31.2 Å². The van der Waals surface area contributed by atoms with Crippen LogP contribution in [0.5, 0.6) is 5.75 Å². The lowest BCUT2D eigenvalue weighted by molar-refractivity contribution is -0.133. The molecule has 0 aliphatic heterocycles. The number of carbonyl (C=O) groups excluding carboxylic acids is 4. The second-order valence-corrected chi connectivity index (χ2v) is 15.2. The van der Waals surface area contributed by atoms with E-state index in [1.165, 1.54) is 7.11 Å². The number of nitrogens with zero attached hydrogens (tertiary/aromatic N) is 1. The monoisotopic (exact) mass is 709 g/mol. The SMILES string of the molecule is CCCC[C@@H](CN(C(=O)OC(C)(C)C)C(=O)[C@H](Cc1ccc(O)cc1)N[C@H](/C=C/c1ccc(C(=O)OC)cc1)CC(C)C)NC(=O)OC(C)(C)C. The molecule has 3 amide bonds. The highest BCUT2D eigenvalue weighted by atomic mass is 16.6. The zero-order valence-corrected chi connectivity index (χ0v) is 32.1. The van der Waals surface area contributed by atoms with Crippen LogP contribution in [-0.2, 0) is 25.4 Å². The minimum absolute atomic E-state index is 0.0933. The third-order valence-electron chi connectivity index (χ3n) is 7.58. The van der Waals surface area contributed by atoms with E-state index in [9.17, 15) is 24.3 Å². The normalized spacial score (nSPS) is 13.7. The highest BCUT2D eigenvalue weighted by Crippen LogP contribution is 2.19. The van der Waals surface area contributed by atoms with Gasteiger partial charge in [-0.1, -0.05) is 70.0 Å². The summed E-state index contributed by atoms with van der Waals surface area (Å²) in [5.41, 5.74) is 0.428. The fourth-order valence-electron chi connectivity index (χ4n) is 5.24. The number of hydrogen-bond acceptors (Lipinski definition) is 9. The standard InChI is InChI=1S/C40H59N3O8/c1-11-12-13-32(42-37(47)50-39(4,5)6)26-43(38(48)51-40(7,8)9)35(45)34(25-29-17-22-33(44)23-18-29)41-31(24-27(2)3)21-16-28-14-19-30(20-15-28)36(46)49-10/h14-23,27,31-32,34,41,44H,11-13,24-26H2,1-10H3,(H,42,47)/b21-16+/t31-,32+,34+/m1/s1. The van der Waals surface area contributed by atoms with Crippen molar-refractivity contribution in [1.82, 2.24) is 15.5 Å². The van der Waals surface area contributed by atoms with Crippen molar-refractivity contribution in [2.45, 2.75) is 124 Å². The van der Waals surface area contributed by atoms with Gasteiger partial charge in [-0.15, -0.1) is 0 Å². The maximum absolute atomic E-state index is 14.7. The van der Waals surface area contributed by atoms with Crippen LogP contribution in [0, 0.1) is 5.92 Å². The third-order valence-corrected chi connectivity index (χ3v) is 7.58. The van der Waals surface area contributed by atoms with Gasteiger partial charge < -0.3 is 24.6 Å². The van der Waals surface area contributed by atoms with Gasteiger partial charge in [0.2, 0.25) is 5.91 Å². The topological polar surface area (TPSA) is 144 Å². The summed E-state index contributed by atoms with van der Waals surface area (Å²) < 4.78 is 16.1. The number of aromatic hydroxyl groups is 1. The molecule has 3 N–H and O–H groups in total. The maximum Gasteiger partial charge on any atom is 0.417 e. The number of benzene rings is 2. The number of amides is 3. The average molecular weight is 710 g/mol. The molecule has 0 saturated carbocycles. The van der Waals surface area contributed by atoms with Crippen molar-refractivity contribution in [3.05, 3.63) is 71.3 Å². The first-order valence-electron chi connectivity index (χ1n) is 17.7. The van der Waals surface area contributed by atoms with E-state index in [0.29, 0.717) is 18.4 Å². The molecule has 51 heavy (non-hydrogen) atoms. The summed E-state index contributed by atoms with van der Waals surface area (Å²) in [7, 11) is 1.33. The van der Waals surface area contributed by atoms with Gasteiger partial charge in [-0.25, -0.2) is 19.3 Å². The fraction of sp³-hybridized carbons (Fsp3) is 0.550. The predicted molar refractivity (Wildman–Crippen MR) is 199 cm³/mol. The maximum atomic E-state index is 14.7. The van der Waals surface area contributed by atoms with Crippen LogP contribution in [0.4, 0.5) is 9.59 Å². The molecule has 0 spiro atoms. The zero-order valence-electron chi connectivity index (χ0n) is 32.1. The van der Waals surface area contributed by atoms with Crippen molar-refractivity contribution in [1.29, 1.82) is 0 Å². The number of esters is 1. The lowest BCUT2D eigenvalue weighted by Crippen LogP contribution is -2.56. The molecule has 0 aliphatic rings. The Labute approximate surface area is 304 Å². The second-order valence-electron chi connectivity index (χ2n) is 15.2. The smallest absolute Gasteiger partial charge is 0.417 e. The summed E-state index contributed by atoms with van der Waals surface area (Å²) >= 11 is 0. The van der Waals surface area contributed by atoms with Crippen LogP contribution < -0.4 is 10.6 Å². The summed E-state index contributed by atoms with van der Waals surface area (Å²) in [6, 6.07) is 11.8. The first-order valence-corrected chi connectivity index (χ1v) is 17.7. The Morgan fingerprint density at radius 1 is 0.902 bits per heavy atom. The summed E-state index contributed by atoms with van der Waals surface area (Å²) in [6.07, 6.45) is 5.39. The molecular weight excluding hydrogens is 650 g/mol. The van der Waals surface area contributed by atoms with Crippen molar-refractivity contribution in [2.24, 2.45) is 5.92 Å². The molecule has 0 saturated heterocycles. The van der Waals surface area contributed by atoms with Crippen LogP contribution in [-0.4, -0.2) is 77.1 Å². The zero-order chi connectivity index (χ0) is 38.4. The summed E-state index contributed by atoms with van der Waals surface area (Å²) in [5, 5.41) is 16.3. The fourth-order valence-corrected chi connectivity index (χ4v) is 5.24. The highest BCUT2D eigenvalue weighted by molar-refractivity contribution is 5.95. The Morgan fingerprint density at radius 2 is 1.51 bits per heavy atom. The lowest BCUT2D eigenvalue weighted by atomic mass is 9.98. The van der Waals surface area contributed by atoms with Gasteiger partial charge in [-0.05, 0) is 102 Å². The van der Waals surface area contributed by atoms with Crippen molar-refractivity contribution >= 4 is 30.1 Å². The van der Waals surface area contributed by atoms with Gasteiger partial charge in [0.25, 0.3) is 0 Å².